The van der Waals surface area contributed by atoms with Gasteiger partial charge < -0.3 is 13.7 Å². The summed E-state index contributed by atoms with van der Waals surface area (Å²) in [5, 5.41) is 9.40. The van der Waals surface area contributed by atoms with Gasteiger partial charge in [-0.15, -0.1) is 0 Å². The largest absolute Gasteiger partial charge is 0.456 e. The summed E-state index contributed by atoms with van der Waals surface area (Å²) in [5.74, 6) is 0. The highest BCUT2D eigenvalue weighted by Gasteiger charge is 2.17. The van der Waals surface area contributed by atoms with Crippen LogP contribution in [0.15, 0.2) is 173 Å². The predicted octanol–water partition coefficient (Wildman–Crippen LogP) is 12.9. The van der Waals surface area contributed by atoms with E-state index in [-0.39, 0.29) is 0 Å². The van der Waals surface area contributed by atoms with Gasteiger partial charge in [0, 0.05) is 44.7 Å². The summed E-state index contributed by atoms with van der Waals surface area (Å²) in [6.07, 6.45) is 0. The van der Waals surface area contributed by atoms with Crippen LogP contribution in [-0.2, 0) is 0 Å². The van der Waals surface area contributed by atoms with Gasteiger partial charge in [-0.05, 0) is 99.4 Å². The zero-order valence-electron chi connectivity index (χ0n) is 25.4. The van der Waals surface area contributed by atoms with E-state index in [1.807, 2.05) is 0 Å². The van der Waals surface area contributed by atoms with Gasteiger partial charge in [0.05, 0.1) is 0 Å². The molecule has 2 aromatic heterocycles. The van der Waals surface area contributed by atoms with E-state index >= 15 is 0 Å². The van der Waals surface area contributed by atoms with Gasteiger partial charge in [-0.2, -0.15) is 0 Å². The quantitative estimate of drug-likeness (QED) is 0.201. The van der Waals surface area contributed by atoms with Gasteiger partial charge in [-0.25, -0.2) is 0 Å². The molecule has 2 heterocycles. The zero-order chi connectivity index (χ0) is 30.9. The SMILES string of the molecule is c1ccc(N(c2ccc(-c3ccc4c(c3)oc3ccc5ccccc5c34)cc2)c2ccc3c(c2)oc2cc4ccccc4cc23)cc1. The highest BCUT2D eigenvalue weighted by Crippen LogP contribution is 2.41. The predicted molar refractivity (Wildman–Crippen MR) is 196 cm³/mol. The van der Waals surface area contributed by atoms with Crippen LogP contribution in [0.3, 0.4) is 0 Å². The van der Waals surface area contributed by atoms with E-state index in [1.54, 1.807) is 0 Å². The van der Waals surface area contributed by atoms with Crippen LogP contribution >= 0.6 is 0 Å². The van der Waals surface area contributed by atoms with E-state index in [0.29, 0.717) is 0 Å². The lowest BCUT2D eigenvalue weighted by molar-refractivity contribution is 0.669. The number of furan rings is 2. The molecular weight excluding hydrogens is 574 g/mol. The third-order valence-corrected chi connectivity index (χ3v) is 9.42. The number of benzene rings is 8. The van der Waals surface area contributed by atoms with E-state index in [2.05, 4.69) is 169 Å². The van der Waals surface area contributed by atoms with Gasteiger partial charge in [-0.3, -0.25) is 0 Å². The number of hydrogen-bond acceptors (Lipinski definition) is 3. The Morgan fingerprint density at radius 3 is 1.79 bits per heavy atom. The number of anilines is 3. The molecule has 0 bridgehead atoms. The highest BCUT2D eigenvalue weighted by molar-refractivity contribution is 6.19. The van der Waals surface area contributed by atoms with Crippen molar-refractivity contribution in [2.24, 2.45) is 0 Å². The molecule has 8 aromatic carbocycles. The van der Waals surface area contributed by atoms with Crippen molar-refractivity contribution >= 4 is 82.5 Å². The Kier molecular flexibility index (Phi) is 5.57. The van der Waals surface area contributed by atoms with Crippen molar-refractivity contribution in [3.63, 3.8) is 0 Å². The summed E-state index contributed by atoms with van der Waals surface area (Å²) in [6, 6.07) is 57.8. The van der Waals surface area contributed by atoms with Crippen molar-refractivity contribution in [1.82, 2.24) is 0 Å². The number of nitrogens with zero attached hydrogens (tertiary/aromatic N) is 1. The molecule has 0 aliphatic carbocycles. The topological polar surface area (TPSA) is 29.5 Å². The van der Waals surface area contributed by atoms with E-state index in [1.165, 1.54) is 26.9 Å². The molecule has 0 spiro atoms. The van der Waals surface area contributed by atoms with Crippen LogP contribution in [0.5, 0.6) is 0 Å². The summed E-state index contributed by atoms with van der Waals surface area (Å²) in [6.45, 7) is 0. The minimum absolute atomic E-state index is 0.872. The molecule has 0 atom stereocenters. The molecule has 0 amide bonds. The first-order valence-electron chi connectivity index (χ1n) is 15.9. The van der Waals surface area contributed by atoms with Gasteiger partial charge in [0.2, 0.25) is 0 Å². The molecule has 0 unspecified atom stereocenters. The zero-order valence-corrected chi connectivity index (χ0v) is 25.4. The summed E-state index contributed by atoms with van der Waals surface area (Å²) >= 11 is 0. The molecule has 3 nitrogen and oxygen atoms in total. The fourth-order valence-corrected chi connectivity index (χ4v) is 7.14. The van der Waals surface area contributed by atoms with Crippen molar-refractivity contribution in [3.8, 4) is 11.1 Å². The summed E-state index contributed by atoms with van der Waals surface area (Å²) in [7, 11) is 0. The summed E-state index contributed by atoms with van der Waals surface area (Å²) in [4.78, 5) is 2.28. The third-order valence-electron chi connectivity index (χ3n) is 9.42. The fraction of sp³-hybridized carbons (Fsp3) is 0. The Bertz CT molecular complexity index is 2790. The summed E-state index contributed by atoms with van der Waals surface area (Å²) in [5.41, 5.74) is 9.03. The van der Waals surface area contributed by atoms with Crippen LogP contribution in [0.1, 0.15) is 0 Å². The van der Waals surface area contributed by atoms with Crippen molar-refractivity contribution in [2.45, 2.75) is 0 Å². The van der Waals surface area contributed by atoms with Crippen molar-refractivity contribution in [3.05, 3.63) is 164 Å². The molecule has 220 valence electrons. The second-order valence-electron chi connectivity index (χ2n) is 12.2. The minimum Gasteiger partial charge on any atom is -0.456 e. The molecule has 0 aliphatic heterocycles. The third kappa shape index (κ3) is 4.14. The van der Waals surface area contributed by atoms with Crippen molar-refractivity contribution in [1.29, 1.82) is 0 Å². The first-order chi connectivity index (χ1) is 23.3. The van der Waals surface area contributed by atoms with Crippen LogP contribution < -0.4 is 4.90 Å². The average molecular weight is 602 g/mol. The smallest absolute Gasteiger partial charge is 0.137 e. The molecule has 0 saturated carbocycles. The maximum absolute atomic E-state index is 6.45. The van der Waals surface area contributed by atoms with Gasteiger partial charge >= 0.3 is 0 Å². The van der Waals surface area contributed by atoms with E-state index in [9.17, 15) is 0 Å². The number of fused-ring (bicyclic) bond motifs is 9. The Morgan fingerprint density at radius 1 is 0.319 bits per heavy atom. The average Bonchev–Trinajstić information content (AvgIpc) is 3.68. The lowest BCUT2D eigenvalue weighted by Crippen LogP contribution is -2.09. The molecule has 0 N–H and O–H groups in total. The maximum atomic E-state index is 6.45. The summed E-state index contributed by atoms with van der Waals surface area (Å²) < 4.78 is 12.8. The van der Waals surface area contributed by atoms with Crippen molar-refractivity contribution in [2.75, 3.05) is 4.90 Å². The Labute approximate surface area is 270 Å². The van der Waals surface area contributed by atoms with Crippen LogP contribution in [-0.4, -0.2) is 0 Å². The van der Waals surface area contributed by atoms with Gasteiger partial charge in [0.15, 0.2) is 0 Å². The van der Waals surface area contributed by atoms with Crippen LogP contribution in [0, 0.1) is 0 Å². The second kappa shape index (κ2) is 10.1. The second-order valence-corrected chi connectivity index (χ2v) is 12.2. The molecular formula is C44H27NO2. The lowest BCUT2D eigenvalue weighted by atomic mass is 10.0. The van der Waals surface area contributed by atoms with Gasteiger partial charge in [0.25, 0.3) is 0 Å². The maximum Gasteiger partial charge on any atom is 0.137 e. The molecule has 47 heavy (non-hydrogen) atoms. The van der Waals surface area contributed by atoms with E-state index in [4.69, 9.17) is 8.83 Å². The highest BCUT2D eigenvalue weighted by atomic mass is 16.3. The Hall–Kier alpha value is -6.32. The molecule has 0 aliphatic rings. The molecule has 3 heteroatoms. The lowest BCUT2D eigenvalue weighted by Gasteiger charge is -2.25. The molecule has 0 fully saturated rings. The van der Waals surface area contributed by atoms with Crippen LogP contribution in [0.2, 0.25) is 0 Å². The normalized spacial score (nSPS) is 11.8. The monoisotopic (exact) mass is 601 g/mol. The van der Waals surface area contributed by atoms with Crippen LogP contribution in [0.25, 0.3) is 76.5 Å². The van der Waals surface area contributed by atoms with Crippen LogP contribution in [0.4, 0.5) is 17.1 Å². The molecule has 0 radical (unpaired) electrons. The van der Waals surface area contributed by atoms with Gasteiger partial charge in [-0.1, -0.05) is 91.0 Å². The fourth-order valence-electron chi connectivity index (χ4n) is 7.14. The van der Waals surface area contributed by atoms with E-state index in [0.717, 1.165) is 66.7 Å². The number of para-hydroxylation sites is 1. The first kappa shape index (κ1) is 26.0. The number of hydrogen-bond donors (Lipinski definition) is 0. The molecule has 0 saturated heterocycles. The van der Waals surface area contributed by atoms with E-state index < -0.39 is 0 Å². The first-order valence-corrected chi connectivity index (χ1v) is 15.9. The standard InChI is InChI=1S/C44H27NO2/c1-2-11-33(12-3-1)45(35-20-22-37-39-24-30-9-4-5-10-31(30)25-42(39)47-43(37)27-35)34-18-14-28(15-19-34)32-16-21-38-41(26-32)46-40-23-17-29-8-6-7-13-36(29)44(38)40/h1-27H. The molecule has 10 aromatic rings. The minimum atomic E-state index is 0.872. The Morgan fingerprint density at radius 2 is 0.936 bits per heavy atom. The van der Waals surface area contributed by atoms with Crippen molar-refractivity contribution < 1.29 is 8.83 Å². The molecule has 10 rings (SSSR count). The van der Waals surface area contributed by atoms with Gasteiger partial charge in [0.1, 0.15) is 22.3 Å². The number of rotatable bonds is 4. The Balaban J connectivity index is 1.06.